The number of nitrogens with two attached hydrogens (primary N) is 1. The normalized spacial score (nSPS) is 14.9. The smallest absolute Gasteiger partial charge is 0.344 e. The van der Waals surface area contributed by atoms with Crippen LogP contribution in [0.4, 0.5) is 5.69 Å². The van der Waals surface area contributed by atoms with Crippen molar-refractivity contribution in [2.24, 2.45) is 5.92 Å². The summed E-state index contributed by atoms with van der Waals surface area (Å²) in [5.41, 5.74) is 6.57. The molecule has 0 aromatic heterocycles. The minimum atomic E-state index is -0.386. The Morgan fingerprint density at radius 2 is 2.22 bits per heavy atom. The van der Waals surface area contributed by atoms with Crippen molar-refractivity contribution in [3.8, 4) is 5.75 Å². The number of benzene rings is 1. The van der Waals surface area contributed by atoms with Crippen molar-refractivity contribution in [2.45, 2.75) is 26.2 Å². The molecule has 2 N–H and O–H groups in total. The fourth-order valence-electron chi connectivity index (χ4n) is 1.97. The maximum absolute atomic E-state index is 12.0. The molecule has 0 atom stereocenters. The molecule has 0 saturated heterocycles. The van der Waals surface area contributed by atoms with Crippen LogP contribution in [0.1, 0.15) is 36.5 Å². The van der Waals surface area contributed by atoms with Gasteiger partial charge >= 0.3 is 5.97 Å². The van der Waals surface area contributed by atoms with Crippen LogP contribution in [0.3, 0.4) is 0 Å². The minimum absolute atomic E-state index is 0.346. The first-order valence-corrected chi connectivity index (χ1v) is 6.40. The molecule has 0 bridgehead atoms. The quantitative estimate of drug-likeness (QED) is 0.643. The van der Waals surface area contributed by atoms with Gasteiger partial charge in [0.15, 0.2) is 0 Å². The predicted molar refractivity (Wildman–Crippen MR) is 69.6 cm³/mol. The highest BCUT2D eigenvalue weighted by atomic mass is 16.5. The molecular weight excluding hydrogens is 230 g/mol. The van der Waals surface area contributed by atoms with E-state index in [1.807, 2.05) is 6.92 Å². The molecule has 1 aliphatic carbocycles. The van der Waals surface area contributed by atoms with Crippen molar-refractivity contribution < 1.29 is 14.3 Å². The van der Waals surface area contributed by atoms with Gasteiger partial charge in [0.2, 0.25) is 0 Å². The van der Waals surface area contributed by atoms with Gasteiger partial charge in [-0.15, -0.1) is 0 Å². The molecule has 0 radical (unpaired) electrons. The molecule has 1 saturated carbocycles. The summed E-state index contributed by atoms with van der Waals surface area (Å²) in [5.74, 6) is 0.633. The third-order valence-electron chi connectivity index (χ3n) is 3.24. The number of anilines is 1. The van der Waals surface area contributed by atoms with E-state index < -0.39 is 0 Å². The molecule has 1 aromatic carbocycles. The standard InChI is InChI=1S/C14H19NO3/c1-2-17-12-8-4-7-11(15)13(12)14(16)18-9-10-5-3-6-10/h4,7-8,10H,2-3,5-6,9,15H2,1H3. The second kappa shape index (κ2) is 5.76. The average molecular weight is 249 g/mol. The Labute approximate surface area is 107 Å². The molecule has 0 unspecified atom stereocenters. The predicted octanol–water partition coefficient (Wildman–Crippen LogP) is 2.62. The van der Waals surface area contributed by atoms with Crippen LogP contribution in [0, 0.1) is 5.92 Å². The van der Waals surface area contributed by atoms with E-state index in [1.165, 1.54) is 6.42 Å². The van der Waals surface area contributed by atoms with Crippen molar-refractivity contribution in [2.75, 3.05) is 18.9 Å². The molecule has 98 valence electrons. The lowest BCUT2D eigenvalue weighted by molar-refractivity contribution is 0.0369. The van der Waals surface area contributed by atoms with Crippen LogP contribution in [0.5, 0.6) is 5.75 Å². The van der Waals surface area contributed by atoms with Crippen LogP contribution in [-0.2, 0) is 4.74 Å². The fraction of sp³-hybridized carbons (Fsp3) is 0.500. The van der Waals surface area contributed by atoms with E-state index in [-0.39, 0.29) is 5.97 Å². The number of rotatable bonds is 5. The number of ether oxygens (including phenoxy) is 2. The average Bonchev–Trinajstić information content (AvgIpc) is 2.27. The summed E-state index contributed by atoms with van der Waals surface area (Å²) in [6.07, 6.45) is 3.53. The van der Waals surface area contributed by atoms with Crippen LogP contribution in [-0.4, -0.2) is 19.2 Å². The van der Waals surface area contributed by atoms with Crippen molar-refractivity contribution >= 4 is 11.7 Å². The van der Waals surface area contributed by atoms with E-state index in [0.717, 1.165) is 12.8 Å². The molecular formula is C14H19NO3. The lowest BCUT2D eigenvalue weighted by atomic mass is 9.86. The summed E-state index contributed by atoms with van der Waals surface area (Å²) >= 11 is 0. The topological polar surface area (TPSA) is 61.5 Å². The zero-order valence-electron chi connectivity index (χ0n) is 10.6. The molecule has 2 rings (SSSR count). The fourth-order valence-corrected chi connectivity index (χ4v) is 1.97. The van der Waals surface area contributed by atoms with Gasteiger partial charge in [0.05, 0.1) is 13.2 Å². The molecule has 4 heteroatoms. The van der Waals surface area contributed by atoms with Gasteiger partial charge in [-0.2, -0.15) is 0 Å². The van der Waals surface area contributed by atoms with Crippen LogP contribution in [0.15, 0.2) is 18.2 Å². The number of hydrogen-bond donors (Lipinski definition) is 1. The maximum Gasteiger partial charge on any atom is 0.344 e. The first-order chi connectivity index (χ1) is 8.72. The van der Waals surface area contributed by atoms with Gasteiger partial charge in [0, 0.05) is 5.69 Å². The number of esters is 1. The number of nitrogen functional groups attached to an aromatic ring is 1. The van der Waals surface area contributed by atoms with Gasteiger partial charge in [0.25, 0.3) is 0 Å². The number of carbonyl (C=O) groups excluding carboxylic acids is 1. The Balaban J connectivity index is 2.06. The highest BCUT2D eigenvalue weighted by molar-refractivity contribution is 5.98. The van der Waals surface area contributed by atoms with E-state index >= 15 is 0 Å². The van der Waals surface area contributed by atoms with Crippen molar-refractivity contribution in [3.05, 3.63) is 23.8 Å². The Morgan fingerprint density at radius 1 is 1.44 bits per heavy atom. The van der Waals surface area contributed by atoms with Crippen molar-refractivity contribution in [1.29, 1.82) is 0 Å². The van der Waals surface area contributed by atoms with Gasteiger partial charge in [-0.3, -0.25) is 0 Å². The van der Waals surface area contributed by atoms with Crippen molar-refractivity contribution in [1.82, 2.24) is 0 Å². The summed E-state index contributed by atoms with van der Waals surface area (Å²) in [6, 6.07) is 5.19. The van der Waals surface area contributed by atoms with E-state index in [1.54, 1.807) is 18.2 Å². The second-order valence-corrected chi connectivity index (χ2v) is 4.55. The van der Waals surface area contributed by atoms with Gasteiger partial charge in [-0.25, -0.2) is 4.79 Å². The first-order valence-electron chi connectivity index (χ1n) is 6.40. The van der Waals surface area contributed by atoms with Crippen LogP contribution >= 0.6 is 0 Å². The molecule has 18 heavy (non-hydrogen) atoms. The molecule has 1 aliphatic rings. The van der Waals surface area contributed by atoms with Crippen molar-refractivity contribution in [3.63, 3.8) is 0 Å². The van der Waals surface area contributed by atoms with E-state index in [9.17, 15) is 4.79 Å². The lowest BCUT2D eigenvalue weighted by Gasteiger charge is -2.24. The van der Waals surface area contributed by atoms with E-state index in [0.29, 0.717) is 36.1 Å². The monoisotopic (exact) mass is 249 g/mol. The molecule has 1 fully saturated rings. The third kappa shape index (κ3) is 2.75. The molecule has 0 heterocycles. The van der Waals surface area contributed by atoms with Gasteiger partial charge < -0.3 is 15.2 Å². The Kier molecular flexibility index (Phi) is 4.07. The highest BCUT2D eigenvalue weighted by Gasteiger charge is 2.22. The largest absolute Gasteiger partial charge is 0.493 e. The SMILES string of the molecule is CCOc1cccc(N)c1C(=O)OCC1CCC1. The molecule has 1 aromatic rings. The second-order valence-electron chi connectivity index (χ2n) is 4.55. The molecule has 0 aliphatic heterocycles. The van der Waals surface area contributed by atoms with E-state index in [2.05, 4.69) is 0 Å². The summed E-state index contributed by atoms with van der Waals surface area (Å²) in [6.45, 7) is 2.84. The molecule has 0 spiro atoms. The zero-order valence-corrected chi connectivity index (χ0v) is 10.6. The third-order valence-corrected chi connectivity index (χ3v) is 3.24. The van der Waals surface area contributed by atoms with Crippen LogP contribution < -0.4 is 10.5 Å². The Bertz CT molecular complexity index is 427. The Morgan fingerprint density at radius 3 is 2.83 bits per heavy atom. The van der Waals surface area contributed by atoms with Crippen LogP contribution in [0.2, 0.25) is 0 Å². The van der Waals surface area contributed by atoms with Gasteiger partial charge in [-0.05, 0) is 37.8 Å². The number of hydrogen-bond acceptors (Lipinski definition) is 4. The zero-order chi connectivity index (χ0) is 13.0. The van der Waals surface area contributed by atoms with Crippen LogP contribution in [0.25, 0.3) is 0 Å². The first kappa shape index (κ1) is 12.7. The molecule has 4 nitrogen and oxygen atoms in total. The van der Waals surface area contributed by atoms with Gasteiger partial charge in [0.1, 0.15) is 11.3 Å². The maximum atomic E-state index is 12.0. The summed E-state index contributed by atoms with van der Waals surface area (Å²) < 4.78 is 10.7. The highest BCUT2D eigenvalue weighted by Crippen LogP contribution is 2.29. The minimum Gasteiger partial charge on any atom is -0.493 e. The summed E-state index contributed by atoms with van der Waals surface area (Å²) in [4.78, 5) is 12.0. The van der Waals surface area contributed by atoms with Gasteiger partial charge in [-0.1, -0.05) is 12.5 Å². The summed E-state index contributed by atoms with van der Waals surface area (Å²) in [5, 5.41) is 0. The van der Waals surface area contributed by atoms with E-state index in [4.69, 9.17) is 15.2 Å². The molecule has 0 amide bonds. The summed E-state index contributed by atoms with van der Waals surface area (Å²) in [7, 11) is 0. The Hall–Kier alpha value is -1.71. The lowest BCUT2D eigenvalue weighted by Crippen LogP contribution is -2.21. The number of carbonyl (C=O) groups is 1.